The van der Waals surface area contributed by atoms with Gasteiger partial charge in [0.1, 0.15) is 0 Å². The molecule has 2 heterocycles. The highest BCUT2D eigenvalue weighted by Crippen LogP contribution is 2.41. The molecule has 4 bridgehead atoms. The maximum Gasteiger partial charge on any atom is 0.0879 e. The lowest BCUT2D eigenvalue weighted by Gasteiger charge is -2.55. The summed E-state index contributed by atoms with van der Waals surface area (Å²) in [5, 5.41) is 12.2. The summed E-state index contributed by atoms with van der Waals surface area (Å²) < 4.78 is 0. The molecular formula is C9H15NO. The number of quaternary nitrogens is 1. The predicted molar refractivity (Wildman–Crippen MR) is 42.0 cm³/mol. The molecule has 0 aromatic heterocycles. The quantitative estimate of drug-likeness (QED) is 0.499. The van der Waals surface area contributed by atoms with E-state index >= 15 is 0 Å². The van der Waals surface area contributed by atoms with Crippen LogP contribution in [0.4, 0.5) is 0 Å². The van der Waals surface area contributed by atoms with Crippen LogP contribution in [0.25, 0.3) is 0 Å². The molecule has 4 rings (SSSR count). The second-order valence-corrected chi connectivity index (χ2v) is 4.71. The van der Waals surface area contributed by atoms with Gasteiger partial charge in [-0.3, -0.25) is 0 Å². The molecule has 0 amide bonds. The van der Waals surface area contributed by atoms with Gasteiger partial charge in [0.05, 0.1) is 12.1 Å². The highest BCUT2D eigenvalue weighted by molar-refractivity contribution is 4.91. The van der Waals surface area contributed by atoms with Gasteiger partial charge in [0.25, 0.3) is 0 Å². The monoisotopic (exact) mass is 153 g/mol. The van der Waals surface area contributed by atoms with Crippen molar-refractivity contribution in [3.63, 3.8) is 0 Å². The van der Waals surface area contributed by atoms with Crippen molar-refractivity contribution >= 4 is 0 Å². The molecule has 0 unspecified atom stereocenters. The maximum absolute atomic E-state index is 11.6. The third kappa shape index (κ3) is 0.798. The number of piperidine rings is 2. The Hall–Kier alpha value is -0.0800. The van der Waals surface area contributed by atoms with Gasteiger partial charge in [-0.2, -0.15) is 0 Å². The Bertz CT molecular complexity index is 152. The van der Waals surface area contributed by atoms with Crippen molar-refractivity contribution in [3.05, 3.63) is 5.21 Å². The molecule has 4 aliphatic rings. The van der Waals surface area contributed by atoms with E-state index in [1.807, 2.05) is 0 Å². The van der Waals surface area contributed by atoms with E-state index in [0.717, 1.165) is 11.8 Å². The largest absolute Gasteiger partial charge is 0.634 e. The summed E-state index contributed by atoms with van der Waals surface area (Å²) in [7, 11) is 0. The third-order valence-corrected chi connectivity index (χ3v) is 3.94. The molecule has 2 aliphatic carbocycles. The van der Waals surface area contributed by atoms with E-state index < -0.39 is 0 Å². The van der Waals surface area contributed by atoms with Crippen molar-refractivity contribution in [2.45, 2.75) is 44.2 Å². The lowest BCUT2D eigenvalue weighted by atomic mass is 9.64. The first-order valence-corrected chi connectivity index (χ1v) is 4.86. The minimum absolute atomic E-state index is 0.506. The molecule has 0 aromatic rings. The predicted octanol–water partition coefficient (Wildman–Crippen LogP) is 0.330. The Balaban J connectivity index is 1.91. The van der Waals surface area contributed by atoms with E-state index in [0.29, 0.717) is 17.1 Å². The van der Waals surface area contributed by atoms with Crippen molar-refractivity contribution in [1.82, 2.24) is 0 Å². The van der Waals surface area contributed by atoms with Crippen LogP contribution in [0.2, 0.25) is 0 Å². The fourth-order valence-corrected chi connectivity index (χ4v) is 3.65. The zero-order valence-corrected chi connectivity index (χ0v) is 6.75. The lowest BCUT2D eigenvalue weighted by Crippen LogP contribution is -3.18. The van der Waals surface area contributed by atoms with Gasteiger partial charge in [-0.25, -0.2) is 0 Å². The van der Waals surface area contributed by atoms with E-state index in [4.69, 9.17) is 0 Å². The number of rotatable bonds is 0. The molecule has 4 fully saturated rings. The van der Waals surface area contributed by atoms with Gasteiger partial charge < -0.3 is 10.3 Å². The molecule has 2 saturated heterocycles. The van der Waals surface area contributed by atoms with Crippen molar-refractivity contribution in [2.24, 2.45) is 11.8 Å². The van der Waals surface area contributed by atoms with Crippen molar-refractivity contribution < 1.29 is 5.06 Å². The fourth-order valence-electron chi connectivity index (χ4n) is 3.65. The van der Waals surface area contributed by atoms with Gasteiger partial charge >= 0.3 is 0 Å². The van der Waals surface area contributed by atoms with Crippen LogP contribution in [0, 0.1) is 17.0 Å². The van der Waals surface area contributed by atoms with Crippen LogP contribution >= 0.6 is 0 Å². The minimum Gasteiger partial charge on any atom is -0.634 e. The summed E-state index contributed by atoms with van der Waals surface area (Å²) in [6.07, 6.45) is 6.41. The lowest BCUT2D eigenvalue weighted by molar-refractivity contribution is -0.919. The first kappa shape index (κ1) is 6.44. The summed E-state index contributed by atoms with van der Waals surface area (Å²) in [6, 6.07) is 1.01. The minimum atomic E-state index is 0.506. The van der Waals surface area contributed by atoms with Crippen molar-refractivity contribution in [1.29, 1.82) is 0 Å². The maximum atomic E-state index is 11.6. The second kappa shape index (κ2) is 1.99. The van der Waals surface area contributed by atoms with Crippen molar-refractivity contribution in [3.8, 4) is 0 Å². The molecule has 0 radical (unpaired) electrons. The SMILES string of the molecule is [O-][NH+]1C2CC3CC(C2)CC1C3. The van der Waals surface area contributed by atoms with Crippen LogP contribution in [0.1, 0.15) is 32.1 Å². The fraction of sp³-hybridized carbons (Fsp3) is 1.00. The van der Waals surface area contributed by atoms with E-state index in [9.17, 15) is 5.21 Å². The Morgan fingerprint density at radius 1 is 0.818 bits per heavy atom. The first-order chi connectivity index (χ1) is 5.33. The molecule has 2 nitrogen and oxygen atoms in total. The van der Waals surface area contributed by atoms with Crippen LogP contribution in [-0.4, -0.2) is 12.1 Å². The van der Waals surface area contributed by atoms with E-state index in [-0.39, 0.29) is 0 Å². The summed E-state index contributed by atoms with van der Waals surface area (Å²) in [6.45, 7) is 0. The van der Waals surface area contributed by atoms with Crippen LogP contribution < -0.4 is 5.06 Å². The molecule has 2 heteroatoms. The molecule has 0 aromatic carbocycles. The smallest absolute Gasteiger partial charge is 0.0879 e. The Morgan fingerprint density at radius 3 is 1.73 bits per heavy atom. The number of hydrogen-bond donors (Lipinski definition) is 1. The van der Waals surface area contributed by atoms with Crippen LogP contribution in [0.15, 0.2) is 0 Å². The molecule has 11 heavy (non-hydrogen) atoms. The summed E-state index contributed by atoms with van der Waals surface area (Å²) >= 11 is 0. The summed E-state index contributed by atoms with van der Waals surface area (Å²) in [5.74, 6) is 1.88. The average Bonchev–Trinajstić information content (AvgIpc) is 1.98. The zero-order valence-electron chi connectivity index (χ0n) is 6.75. The number of hydrogen-bond acceptors (Lipinski definition) is 1. The molecule has 0 atom stereocenters. The third-order valence-electron chi connectivity index (χ3n) is 3.94. The van der Waals surface area contributed by atoms with Gasteiger partial charge in [-0.05, 0) is 18.3 Å². The molecule has 0 spiro atoms. The van der Waals surface area contributed by atoms with Crippen LogP contribution in [-0.2, 0) is 0 Å². The Kier molecular flexibility index (Phi) is 1.16. The first-order valence-electron chi connectivity index (χ1n) is 4.86. The zero-order chi connectivity index (χ0) is 7.42. The second-order valence-electron chi connectivity index (χ2n) is 4.71. The molecule has 2 saturated carbocycles. The Morgan fingerprint density at radius 2 is 1.27 bits per heavy atom. The van der Waals surface area contributed by atoms with Gasteiger partial charge in [0, 0.05) is 25.7 Å². The molecule has 1 N–H and O–H groups in total. The molecule has 2 aliphatic heterocycles. The topological polar surface area (TPSA) is 27.5 Å². The van der Waals surface area contributed by atoms with Crippen LogP contribution in [0.5, 0.6) is 0 Å². The highest BCUT2D eigenvalue weighted by atomic mass is 16.5. The highest BCUT2D eigenvalue weighted by Gasteiger charge is 2.47. The van der Waals surface area contributed by atoms with Crippen molar-refractivity contribution in [2.75, 3.05) is 0 Å². The van der Waals surface area contributed by atoms with Gasteiger partial charge in [-0.1, -0.05) is 0 Å². The normalized spacial score (nSPS) is 60.3. The molecule has 62 valence electrons. The molecular weight excluding hydrogens is 138 g/mol. The van der Waals surface area contributed by atoms with E-state index in [1.165, 1.54) is 32.1 Å². The van der Waals surface area contributed by atoms with Gasteiger partial charge in [-0.15, -0.1) is 0 Å². The van der Waals surface area contributed by atoms with E-state index in [2.05, 4.69) is 0 Å². The van der Waals surface area contributed by atoms with E-state index in [1.54, 1.807) is 0 Å². The van der Waals surface area contributed by atoms with Gasteiger partial charge in [0.2, 0.25) is 0 Å². The Labute approximate surface area is 67.1 Å². The standard InChI is InChI=1S/C9H15NO/c11-10-8-2-6-1-7(4-8)5-9(10)3-6/h6-10H,1-5H2. The summed E-state index contributed by atoms with van der Waals surface area (Å²) in [5.41, 5.74) is 0. The summed E-state index contributed by atoms with van der Waals surface area (Å²) in [4.78, 5) is 0. The van der Waals surface area contributed by atoms with Crippen LogP contribution in [0.3, 0.4) is 0 Å². The number of nitrogens with one attached hydrogen (secondary N) is 1. The van der Waals surface area contributed by atoms with Gasteiger partial charge in [0.15, 0.2) is 0 Å². The average molecular weight is 153 g/mol. The number of hydroxylamine groups is 2.